The molecule has 0 saturated carbocycles. The molecule has 0 bridgehead atoms. The number of aryl methyl sites for hydroxylation is 1. The number of hydrogen-bond donors (Lipinski definition) is 1. The first kappa shape index (κ1) is 26.0. The normalized spacial score (nSPS) is 15.2. The van der Waals surface area contributed by atoms with Crippen molar-refractivity contribution in [1.29, 1.82) is 0 Å². The number of rotatable bonds is 5. The van der Waals surface area contributed by atoms with Gasteiger partial charge in [-0.1, -0.05) is 42.0 Å². The van der Waals surface area contributed by atoms with Gasteiger partial charge in [-0.05, 0) is 86.6 Å². The van der Waals surface area contributed by atoms with E-state index in [9.17, 15) is 14.7 Å². The number of amides is 1. The molecule has 2 aliphatic heterocycles. The monoisotopic (exact) mass is 513 g/mol. The molecule has 3 aromatic carbocycles. The van der Waals surface area contributed by atoms with E-state index < -0.39 is 17.7 Å². The molecule has 6 heteroatoms. The highest BCUT2D eigenvalue weighted by molar-refractivity contribution is 5.98. The average molecular weight is 514 g/mol. The minimum Gasteiger partial charge on any atom is -0.492 e. The first-order valence-corrected chi connectivity index (χ1v) is 13.1. The molecule has 2 aliphatic rings. The fourth-order valence-electron chi connectivity index (χ4n) is 5.73. The minimum atomic E-state index is -1.15. The van der Waals surface area contributed by atoms with Gasteiger partial charge in [-0.2, -0.15) is 0 Å². The van der Waals surface area contributed by atoms with Crippen LogP contribution in [-0.4, -0.2) is 34.1 Å². The molecule has 0 fully saturated rings. The van der Waals surface area contributed by atoms with Crippen molar-refractivity contribution in [3.63, 3.8) is 0 Å². The van der Waals surface area contributed by atoms with Crippen molar-refractivity contribution in [3.05, 3.63) is 87.0 Å². The molecule has 198 valence electrons. The van der Waals surface area contributed by atoms with Gasteiger partial charge in [0.05, 0.1) is 17.8 Å². The number of nitrogens with zero attached hydrogens (tertiary/aromatic N) is 1. The number of aliphatic carboxylic acids is 1. The topological polar surface area (TPSA) is 76.1 Å². The van der Waals surface area contributed by atoms with Gasteiger partial charge < -0.3 is 19.5 Å². The summed E-state index contributed by atoms with van der Waals surface area (Å²) in [6.07, 6.45) is -0.339. The van der Waals surface area contributed by atoms with E-state index in [0.29, 0.717) is 36.6 Å². The summed E-state index contributed by atoms with van der Waals surface area (Å²) in [7, 11) is 0. The molecule has 0 spiro atoms. The van der Waals surface area contributed by atoms with E-state index in [1.165, 1.54) is 0 Å². The highest BCUT2D eigenvalue weighted by Gasteiger charge is 2.37. The molecule has 0 aliphatic carbocycles. The van der Waals surface area contributed by atoms with Crippen LogP contribution in [-0.2, 0) is 29.0 Å². The first-order chi connectivity index (χ1) is 18.0. The number of carbonyl (C=O) groups is 2. The molecule has 1 amide bonds. The molecule has 0 saturated heterocycles. The van der Waals surface area contributed by atoms with Gasteiger partial charge in [0.1, 0.15) is 5.75 Å². The van der Waals surface area contributed by atoms with Crippen LogP contribution in [0.15, 0.2) is 42.5 Å². The van der Waals surface area contributed by atoms with Crippen molar-refractivity contribution in [1.82, 2.24) is 4.90 Å². The number of carboxylic acid groups (broad SMARTS) is 1. The number of carboxylic acids is 1. The van der Waals surface area contributed by atoms with E-state index in [-0.39, 0.29) is 5.91 Å². The quantitative estimate of drug-likeness (QED) is 0.433. The van der Waals surface area contributed by atoms with Gasteiger partial charge in [0.15, 0.2) is 6.10 Å². The Kier molecular flexibility index (Phi) is 6.56. The third-order valence-electron chi connectivity index (χ3n) is 7.55. The van der Waals surface area contributed by atoms with Gasteiger partial charge >= 0.3 is 5.97 Å². The summed E-state index contributed by atoms with van der Waals surface area (Å²) in [5, 5.41) is 10.3. The highest BCUT2D eigenvalue weighted by atomic mass is 16.5. The van der Waals surface area contributed by atoms with Crippen LogP contribution in [0.5, 0.6) is 5.75 Å². The molecule has 1 unspecified atom stereocenters. The number of ether oxygens (including phenoxy) is 2. The van der Waals surface area contributed by atoms with E-state index >= 15 is 0 Å². The summed E-state index contributed by atoms with van der Waals surface area (Å²) < 4.78 is 12.0. The minimum absolute atomic E-state index is 0.0714. The van der Waals surface area contributed by atoms with Gasteiger partial charge in [-0.25, -0.2) is 4.79 Å². The summed E-state index contributed by atoms with van der Waals surface area (Å²) in [5.74, 6) is -0.413. The Balaban J connectivity index is 1.65. The van der Waals surface area contributed by atoms with Crippen LogP contribution in [0.3, 0.4) is 0 Å². The lowest BCUT2D eigenvalue weighted by atomic mass is 9.83. The second kappa shape index (κ2) is 9.59. The van der Waals surface area contributed by atoms with Crippen molar-refractivity contribution in [2.75, 3.05) is 6.61 Å². The SMILES string of the molecule is Cc1ccc(-c2c(C)c3c(c(C)c2C(OC(C)(C)C)C(=O)O)CN(C(=O)c2cccc4c2OCC4)C3)cc1. The van der Waals surface area contributed by atoms with Gasteiger partial charge in [0.25, 0.3) is 5.91 Å². The second-order valence-corrected chi connectivity index (χ2v) is 11.4. The maximum absolute atomic E-state index is 13.7. The Morgan fingerprint density at radius 3 is 2.26 bits per heavy atom. The molecule has 1 N–H and O–H groups in total. The van der Waals surface area contributed by atoms with Gasteiger partial charge in [-0.15, -0.1) is 0 Å². The van der Waals surface area contributed by atoms with Crippen LogP contribution < -0.4 is 4.74 Å². The van der Waals surface area contributed by atoms with Crippen molar-refractivity contribution in [2.24, 2.45) is 0 Å². The number of para-hydroxylation sites is 1. The molecule has 6 nitrogen and oxygen atoms in total. The number of carbonyl (C=O) groups excluding carboxylic acids is 1. The Morgan fingerprint density at radius 1 is 0.974 bits per heavy atom. The van der Waals surface area contributed by atoms with Crippen molar-refractivity contribution in [2.45, 2.75) is 72.8 Å². The van der Waals surface area contributed by atoms with Crippen LogP contribution in [0.4, 0.5) is 0 Å². The lowest BCUT2D eigenvalue weighted by molar-refractivity contribution is -0.160. The van der Waals surface area contributed by atoms with Crippen LogP contribution in [0.2, 0.25) is 0 Å². The van der Waals surface area contributed by atoms with Crippen molar-refractivity contribution in [3.8, 4) is 16.9 Å². The van der Waals surface area contributed by atoms with Gasteiger partial charge in [0.2, 0.25) is 0 Å². The Bertz CT molecular complexity index is 1430. The fourth-order valence-corrected chi connectivity index (χ4v) is 5.73. The maximum Gasteiger partial charge on any atom is 0.337 e. The smallest absolute Gasteiger partial charge is 0.337 e. The second-order valence-electron chi connectivity index (χ2n) is 11.4. The Morgan fingerprint density at radius 2 is 1.63 bits per heavy atom. The first-order valence-electron chi connectivity index (χ1n) is 13.1. The van der Waals surface area contributed by atoms with Crippen LogP contribution in [0, 0.1) is 20.8 Å². The van der Waals surface area contributed by atoms with Gasteiger partial charge in [0, 0.05) is 25.1 Å². The molecule has 0 aromatic heterocycles. The predicted molar refractivity (Wildman–Crippen MR) is 147 cm³/mol. The summed E-state index contributed by atoms with van der Waals surface area (Å²) in [5.41, 5.74) is 8.50. The summed E-state index contributed by atoms with van der Waals surface area (Å²) in [4.78, 5) is 28.2. The zero-order chi connectivity index (χ0) is 27.4. The number of fused-ring (bicyclic) bond motifs is 2. The van der Waals surface area contributed by atoms with E-state index in [0.717, 1.165) is 50.9 Å². The Labute approximate surface area is 224 Å². The molecule has 1 atom stereocenters. The molecular weight excluding hydrogens is 478 g/mol. The van der Waals surface area contributed by atoms with Crippen LogP contribution in [0.1, 0.15) is 76.2 Å². The number of hydrogen-bond acceptors (Lipinski definition) is 4. The molecule has 5 rings (SSSR count). The molecule has 3 aromatic rings. The highest BCUT2D eigenvalue weighted by Crippen LogP contribution is 2.44. The predicted octanol–water partition coefficient (Wildman–Crippen LogP) is 6.31. The third-order valence-corrected chi connectivity index (χ3v) is 7.55. The largest absolute Gasteiger partial charge is 0.492 e. The molecule has 2 heterocycles. The Hall–Kier alpha value is -3.64. The maximum atomic E-state index is 13.7. The van der Waals surface area contributed by atoms with E-state index in [2.05, 4.69) is 0 Å². The summed E-state index contributed by atoms with van der Waals surface area (Å²) in [6, 6.07) is 13.9. The zero-order valence-electron chi connectivity index (χ0n) is 23.0. The molecule has 38 heavy (non-hydrogen) atoms. The molecular formula is C32H35NO5. The lowest BCUT2D eigenvalue weighted by Gasteiger charge is -2.29. The van der Waals surface area contributed by atoms with E-state index in [4.69, 9.17) is 9.47 Å². The van der Waals surface area contributed by atoms with Crippen LogP contribution in [0.25, 0.3) is 11.1 Å². The standard InChI is InChI=1S/C32H35NO5/c1-18-10-12-21(13-11-18)26-19(2)24-16-33(30(34)23-9-7-8-22-14-15-37-28(22)23)17-25(24)20(3)27(26)29(31(35)36)38-32(4,5)6/h7-13,29H,14-17H2,1-6H3,(H,35,36). The summed E-state index contributed by atoms with van der Waals surface area (Å²) >= 11 is 0. The van der Waals surface area contributed by atoms with Crippen molar-refractivity contribution >= 4 is 11.9 Å². The zero-order valence-corrected chi connectivity index (χ0v) is 23.0. The fraction of sp³-hybridized carbons (Fsp3) is 0.375. The number of benzene rings is 3. The van der Waals surface area contributed by atoms with Crippen LogP contribution >= 0.6 is 0 Å². The summed E-state index contributed by atoms with van der Waals surface area (Å²) in [6.45, 7) is 13.1. The third kappa shape index (κ3) is 4.58. The van der Waals surface area contributed by atoms with Gasteiger partial charge in [-0.3, -0.25) is 4.79 Å². The lowest BCUT2D eigenvalue weighted by Crippen LogP contribution is -2.28. The van der Waals surface area contributed by atoms with E-state index in [1.54, 1.807) is 0 Å². The van der Waals surface area contributed by atoms with Crippen molar-refractivity contribution < 1.29 is 24.2 Å². The average Bonchev–Trinajstić information content (AvgIpc) is 3.52. The molecule has 0 radical (unpaired) electrons. The van der Waals surface area contributed by atoms with E-state index in [1.807, 2.05) is 88.9 Å².